The summed E-state index contributed by atoms with van der Waals surface area (Å²) in [5.41, 5.74) is 4.89. The van der Waals surface area contributed by atoms with Gasteiger partial charge in [0, 0.05) is 28.8 Å². The molecule has 0 fully saturated rings. The minimum Gasteiger partial charge on any atom is -0.372 e. The van der Waals surface area contributed by atoms with Gasteiger partial charge < -0.3 is 10.6 Å². The lowest BCUT2D eigenvalue weighted by atomic mass is 9.73. The summed E-state index contributed by atoms with van der Waals surface area (Å²) in [5.74, 6) is -0.325. The van der Waals surface area contributed by atoms with Crippen molar-refractivity contribution in [2.24, 2.45) is 5.41 Å². The van der Waals surface area contributed by atoms with E-state index in [0.29, 0.717) is 23.1 Å². The molecule has 0 radical (unpaired) electrons. The van der Waals surface area contributed by atoms with Gasteiger partial charge in [0.25, 0.3) is 0 Å². The molecule has 0 bridgehead atoms. The van der Waals surface area contributed by atoms with E-state index in [-0.39, 0.29) is 22.8 Å². The normalized spacial score (nSPS) is 19.0. The number of anilines is 2. The number of ketones is 2. The molecule has 0 amide bonds. The zero-order valence-corrected chi connectivity index (χ0v) is 18.6. The molecule has 2 aliphatic rings. The zero-order chi connectivity index (χ0) is 23.2. The molecular formula is C28H25FN2O2. The number of allylic oxidation sites excluding steroid dienone is 1. The molecule has 1 aliphatic carbocycles. The van der Waals surface area contributed by atoms with Crippen LogP contribution in [0.15, 0.2) is 84.1 Å². The number of hydrogen-bond donors (Lipinski definition) is 2. The highest BCUT2D eigenvalue weighted by molar-refractivity contribution is 6.10. The van der Waals surface area contributed by atoms with Gasteiger partial charge in [-0.25, -0.2) is 4.39 Å². The molecule has 1 aliphatic heterocycles. The monoisotopic (exact) mass is 440 g/mol. The Morgan fingerprint density at radius 2 is 1.64 bits per heavy atom. The number of benzene rings is 3. The smallest absolute Gasteiger partial charge is 0.193 e. The number of Topliss-reactive ketones (excluding diaryl/α,β-unsaturated/α-hetero) is 1. The van der Waals surface area contributed by atoms with Crippen LogP contribution in [-0.4, -0.2) is 11.6 Å². The van der Waals surface area contributed by atoms with Crippen molar-refractivity contribution < 1.29 is 14.0 Å². The Morgan fingerprint density at radius 3 is 2.36 bits per heavy atom. The SMILES string of the molecule is CC1(C)CC(=O)C2=C(C1)Nc1ccc(C(=O)c3ccccc3)cc1NC2c1ccc(F)cc1. The molecule has 1 heterocycles. The third-order valence-electron chi connectivity index (χ3n) is 6.32. The van der Waals surface area contributed by atoms with Gasteiger partial charge in [0.1, 0.15) is 5.82 Å². The molecule has 3 aromatic carbocycles. The first-order valence-electron chi connectivity index (χ1n) is 11.1. The van der Waals surface area contributed by atoms with Crippen molar-refractivity contribution in [2.45, 2.75) is 32.7 Å². The van der Waals surface area contributed by atoms with Gasteiger partial charge in [0.15, 0.2) is 11.6 Å². The average Bonchev–Trinajstić information content (AvgIpc) is 2.95. The Morgan fingerprint density at radius 1 is 0.909 bits per heavy atom. The molecule has 4 nitrogen and oxygen atoms in total. The maximum Gasteiger partial charge on any atom is 0.193 e. The van der Waals surface area contributed by atoms with Gasteiger partial charge >= 0.3 is 0 Å². The maximum atomic E-state index is 13.6. The predicted octanol–water partition coefficient (Wildman–Crippen LogP) is 6.28. The van der Waals surface area contributed by atoms with Crippen molar-refractivity contribution in [3.05, 3.63) is 107 Å². The molecule has 1 atom stereocenters. The number of carbonyl (C=O) groups is 2. The molecule has 0 saturated carbocycles. The van der Waals surface area contributed by atoms with Crippen LogP contribution in [0.3, 0.4) is 0 Å². The van der Waals surface area contributed by atoms with E-state index in [2.05, 4.69) is 24.5 Å². The van der Waals surface area contributed by atoms with Gasteiger partial charge in [-0.15, -0.1) is 0 Å². The van der Waals surface area contributed by atoms with Crippen LogP contribution in [-0.2, 0) is 4.79 Å². The van der Waals surface area contributed by atoms with E-state index in [1.807, 2.05) is 30.3 Å². The predicted molar refractivity (Wildman–Crippen MR) is 128 cm³/mol. The zero-order valence-electron chi connectivity index (χ0n) is 18.6. The van der Waals surface area contributed by atoms with Gasteiger partial charge in [0.05, 0.1) is 17.4 Å². The summed E-state index contributed by atoms with van der Waals surface area (Å²) in [6.07, 6.45) is 1.17. The number of carbonyl (C=O) groups excluding carboxylic acids is 2. The summed E-state index contributed by atoms with van der Waals surface area (Å²) in [7, 11) is 0. The fourth-order valence-corrected chi connectivity index (χ4v) is 4.75. The van der Waals surface area contributed by atoms with Crippen LogP contribution in [0.2, 0.25) is 0 Å². The number of hydrogen-bond acceptors (Lipinski definition) is 4. The molecule has 166 valence electrons. The van der Waals surface area contributed by atoms with Crippen molar-refractivity contribution in [2.75, 3.05) is 10.6 Å². The molecular weight excluding hydrogens is 415 g/mol. The number of nitrogens with one attached hydrogen (secondary N) is 2. The minimum atomic E-state index is -0.444. The summed E-state index contributed by atoms with van der Waals surface area (Å²) in [6, 6.07) is 20.4. The Hall–Kier alpha value is -3.73. The first kappa shape index (κ1) is 21.1. The first-order valence-corrected chi connectivity index (χ1v) is 11.1. The molecule has 0 aromatic heterocycles. The van der Waals surface area contributed by atoms with Crippen molar-refractivity contribution in [1.82, 2.24) is 0 Å². The molecule has 5 rings (SSSR count). The third kappa shape index (κ3) is 4.07. The van der Waals surface area contributed by atoms with Gasteiger partial charge in [0.2, 0.25) is 0 Å². The van der Waals surface area contributed by atoms with E-state index >= 15 is 0 Å². The van der Waals surface area contributed by atoms with E-state index in [1.54, 1.807) is 30.3 Å². The van der Waals surface area contributed by atoms with Crippen molar-refractivity contribution >= 4 is 22.9 Å². The standard InChI is InChI=1S/C28H25FN2O2/c1-28(2)15-23-25(24(32)16-28)26(17-8-11-20(29)12-9-17)31-22-14-19(10-13-21(22)30-23)27(33)18-6-4-3-5-7-18/h3-14,26,30-31H,15-16H2,1-2H3. The highest BCUT2D eigenvalue weighted by atomic mass is 19.1. The van der Waals surface area contributed by atoms with Gasteiger partial charge in [-0.2, -0.15) is 0 Å². The highest BCUT2D eigenvalue weighted by Crippen LogP contribution is 2.45. The number of rotatable bonds is 3. The Kier molecular flexibility index (Phi) is 5.12. The fraction of sp³-hybridized carbons (Fsp3) is 0.214. The Bertz CT molecular complexity index is 1280. The van der Waals surface area contributed by atoms with Gasteiger partial charge in [-0.1, -0.05) is 56.3 Å². The van der Waals surface area contributed by atoms with Crippen molar-refractivity contribution in [1.29, 1.82) is 0 Å². The van der Waals surface area contributed by atoms with E-state index in [0.717, 1.165) is 29.1 Å². The first-order chi connectivity index (χ1) is 15.8. The van der Waals surface area contributed by atoms with Crippen LogP contribution >= 0.6 is 0 Å². The van der Waals surface area contributed by atoms with Gasteiger partial charge in [-0.05, 0) is 47.7 Å². The lowest BCUT2D eigenvalue weighted by Gasteiger charge is -2.34. The second-order valence-electron chi connectivity index (χ2n) is 9.54. The minimum absolute atomic E-state index is 0.0716. The van der Waals surface area contributed by atoms with E-state index in [4.69, 9.17) is 0 Å². The van der Waals surface area contributed by atoms with E-state index in [9.17, 15) is 14.0 Å². The van der Waals surface area contributed by atoms with Crippen LogP contribution in [0.1, 0.15) is 54.2 Å². The summed E-state index contributed by atoms with van der Waals surface area (Å²) in [6.45, 7) is 4.17. The number of halogens is 1. The van der Waals surface area contributed by atoms with Crippen LogP contribution in [0.25, 0.3) is 0 Å². The molecule has 3 aromatic rings. The maximum absolute atomic E-state index is 13.6. The summed E-state index contributed by atoms with van der Waals surface area (Å²) in [5, 5.41) is 6.96. The molecule has 33 heavy (non-hydrogen) atoms. The van der Waals surface area contributed by atoms with E-state index in [1.165, 1.54) is 12.1 Å². The second kappa shape index (κ2) is 8.00. The molecule has 0 saturated heterocycles. The average molecular weight is 441 g/mol. The Balaban J connectivity index is 1.60. The molecule has 0 spiro atoms. The van der Waals surface area contributed by atoms with Crippen LogP contribution in [0.5, 0.6) is 0 Å². The van der Waals surface area contributed by atoms with Crippen LogP contribution in [0.4, 0.5) is 15.8 Å². The quantitative estimate of drug-likeness (QED) is 0.471. The molecule has 5 heteroatoms. The third-order valence-corrected chi connectivity index (χ3v) is 6.32. The van der Waals surface area contributed by atoms with Crippen molar-refractivity contribution in [3.63, 3.8) is 0 Å². The van der Waals surface area contributed by atoms with Crippen LogP contribution in [0, 0.1) is 11.2 Å². The topological polar surface area (TPSA) is 58.2 Å². The second-order valence-corrected chi connectivity index (χ2v) is 9.54. The lowest BCUT2D eigenvalue weighted by molar-refractivity contribution is -0.118. The lowest BCUT2D eigenvalue weighted by Crippen LogP contribution is -2.31. The summed E-state index contributed by atoms with van der Waals surface area (Å²) >= 11 is 0. The molecule has 1 unspecified atom stereocenters. The largest absolute Gasteiger partial charge is 0.372 e. The summed E-state index contributed by atoms with van der Waals surface area (Å²) in [4.78, 5) is 26.3. The number of fused-ring (bicyclic) bond motifs is 1. The van der Waals surface area contributed by atoms with Crippen molar-refractivity contribution in [3.8, 4) is 0 Å². The van der Waals surface area contributed by atoms with Crippen LogP contribution < -0.4 is 10.6 Å². The Labute approximate surface area is 192 Å². The highest BCUT2D eigenvalue weighted by Gasteiger charge is 2.38. The molecule has 2 N–H and O–H groups in total. The van der Waals surface area contributed by atoms with Gasteiger partial charge in [-0.3, -0.25) is 9.59 Å². The fourth-order valence-electron chi connectivity index (χ4n) is 4.75. The van der Waals surface area contributed by atoms with E-state index < -0.39 is 6.04 Å². The summed E-state index contributed by atoms with van der Waals surface area (Å²) < 4.78 is 13.6.